The molecule has 2 N–H and O–H groups in total. The van der Waals surface area contributed by atoms with E-state index in [1.807, 2.05) is 0 Å². The number of nitrogens with zero attached hydrogens (tertiary/aromatic N) is 2. The number of aliphatic imine (C=N–C) groups is 1. The van der Waals surface area contributed by atoms with Gasteiger partial charge < -0.3 is 15.5 Å². The summed E-state index contributed by atoms with van der Waals surface area (Å²) in [5, 5.41) is 6.71. The van der Waals surface area contributed by atoms with Crippen molar-refractivity contribution in [2.75, 3.05) is 39.8 Å². The van der Waals surface area contributed by atoms with E-state index >= 15 is 0 Å². The lowest BCUT2D eigenvalue weighted by Gasteiger charge is -2.17. The topological polar surface area (TPSA) is 39.7 Å². The number of aryl methyl sites for hydroxylation is 1. The van der Waals surface area contributed by atoms with Gasteiger partial charge in [-0.2, -0.15) is 0 Å². The van der Waals surface area contributed by atoms with Gasteiger partial charge in [0.25, 0.3) is 0 Å². The van der Waals surface area contributed by atoms with Crippen molar-refractivity contribution in [2.45, 2.75) is 33.6 Å². The smallest absolute Gasteiger partial charge is 0.191 e. The molecule has 0 aliphatic rings. The predicted molar refractivity (Wildman–Crippen MR) is 112 cm³/mol. The maximum absolute atomic E-state index is 4.72. The SMILES string of the molecule is CCNC(=NCC(C)c1cccc(C)c1)NCCN(C)CC.I. The Morgan fingerprint density at radius 1 is 1.26 bits per heavy atom. The Labute approximate surface area is 159 Å². The van der Waals surface area contributed by atoms with Crippen LogP contribution in [0.2, 0.25) is 0 Å². The molecule has 0 aliphatic carbocycles. The highest BCUT2D eigenvalue weighted by molar-refractivity contribution is 14.0. The van der Waals surface area contributed by atoms with Crippen LogP contribution in [0.15, 0.2) is 29.3 Å². The first-order valence-corrected chi connectivity index (χ1v) is 8.34. The lowest BCUT2D eigenvalue weighted by atomic mass is 10.00. The summed E-state index contributed by atoms with van der Waals surface area (Å²) in [5.41, 5.74) is 2.66. The van der Waals surface area contributed by atoms with Crippen LogP contribution in [-0.4, -0.2) is 50.6 Å². The second kappa shape index (κ2) is 12.6. The number of halogens is 1. The third-order valence-electron chi connectivity index (χ3n) is 3.80. The molecule has 1 aromatic carbocycles. The van der Waals surface area contributed by atoms with Crippen molar-refractivity contribution >= 4 is 29.9 Å². The van der Waals surface area contributed by atoms with Crippen molar-refractivity contribution in [3.63, 3.8) is 0 Å². The van der Waals surface area contributed by atoms with E-state index in [1.54, 1.807) is 0 Å². The molecular weight excluding hydrogens is 399 g/mol. The van der Waals surface area contributed by atoms with E-state index < -0.39 is 0 Å². The molecule has 0 aromatic heterocycles. The molecule has 1 aromatic rings. The van der Waals surface area contributed by atoms with Crippen molar-refractivity contribution in [1.82, 2.24) is 15.5 Å². The van der Waals surface area contributed by atoms with Crippen molar-refractivity contribution in [1.29, 1.82) is 0 Å². The molecule has 0 spiro atoms. The van der Waals surface area contributed by atoms with E-state index in [1.165, 1.54) is 11.1 Å². The standard InChI is InChI=1S/C18H32N4.HI/c1-6-19-18(20-11-12-22(5)7-2)21-14-16(4)17-10-8-9-15(3)13-17;/h8-10,13,16H,6-7,11-12,14H2,1-5H3,(H2,19,20,21);1H. The third-order valence-corrected chi connectivity index (χ3v) is 3.80. The fourth-order valence-corrected chi connectivity index (χ4v) is 2.18. The van der Waals surface area contributed by atoms with Gasteiger partial charge in [0.15, 0.2) is 5.96 Å². The van der Waals surface area contributed by atoms with E-state index in [0.29, 0.717) is 5.92 Å². The highest BCUT2D eigenvalue weighted by atomic mass is 127. The molecule has 1 rings (SSSR count). The van der Waals surface area contributed by atoms with Crippen LogP contribution in [-0.2, 0) is 0 Å². The molecule has 23 heavy (non-hydrogen) atoms. The van der Waals surface area contributed by atoms with Gasteiger partial charge in [0.2, 0.25) is 0 Å². The lowest BCUT2D eigenvalue weighted by molar-refractivity contribution is 0.357. The van der Waals surface area contributed by atoms with E-state index in [4.69, 9.17) is 4.99 Å². The maximum atomic E-state index is 4.72. The molecule has 1 unspecified atom stereocenters. The highest BCUT2D eigenvalue weighted by Gasteiger charge is 2.06. The molecule has 0 saturated heterocycles. The number of nitrogens with one attached hydrogen (secondary N) is 2. The summed E-state index contributed by atoms with van der Waals surface area (Å²) in [6, 6.07) is 8.69. The zero-order valence-electron chi connectivity index (χ0n) is 15.2. The van der Waals surface area contributed by atoms with Crippen molar-refractivity contribution < 1.29 is 0 Å². The van der Waals surface area contributed by atoms with Gasteiger partial charge in [0.1, 0.15) is 0 Å². The Bertz CT molecular complexity index is 462. The fraction of sp³-hybridized carbons (Fsp3) is 0.611. The first-order chi connectivity index (χ1) is 10.6. The minimum Gasteiger partial charge on any atom is -0.357 e. The number of rotatable bonds is 8. The van der Waals surface area contributed by atoms with Crippen molar-refractivity contribution in [3.05, 3.63) is 35.4 Å². The second-order valence-electron chi connectivity index (χ2n) is 5.86. The van der Waals surface area contributed by atoms with E-state index in [9.17, 15) is 0 Å². The average molecular weight is 432 g/mol. The molecule has 0 fully saturated rings. The predicted octanol–water partition coefficient (Wildman–Crippen LogP) is 3.22. The molecule has 5 heteroatoms. The van der Waals surface area contributed by atoms with Crippen LogP contribution in [0.1, 0.15) is 37.8 Å². The normalized spacial score (nSPS) is 12.7. The molecule has 0 bridgehead atoms. The van der Waals surface area contributed by atoms with Gasteiger partial charge in [-0.25, -0.2) is 0 Å². The number of hydrogen-bond donors (Lipinski definition) is 2. The molecule has 4 nitrogen and oxygen atoms in total. The molecule has 1 atom stereocenters. The first kappa shape index (κ1) is 22.2. The summed E-state index contributed by atoms with van der Waals surface area (Å²) in [4.78, 5) is 7.00. The number of benzene rings is 1. The van der Waals surface area contributed by atoms with Crippen LogP contribution < -0.4 is 10.6 Å². The van der Waals surface area contributed by atoms with Gasteiger partial charge in [0, 0.05) is 32.1 Å². The molecule has 0 aliphatic heterocycles. The van der Waals surface area contributed by atoms with Crippen LogP contribution in [0.5, 0.6) is 0 Å². The van der Waals surface area contributed by atoms with Gasteiger partial charge in [-0.15, -0.1) is 24.0 Å². The molecule has 0 radical (unpaired) electrons. The monoisotopic (exact) mass is 432 g/mol. The maximum Gasteiger partial charge on any atom is 0.191 e. The summed E-state index contributed by atoms with van der Waals surface area (Å²) >= 11 is 0. The van der Waals surface area contributed by atoms with Crippen LogP contribution in [0, 0.1) is 6.92 Å². The third kappa shape index (κ3) is 9.15. The summed E-state index contributed by atoms with van der Waals surface area (Å²) in [6.07, 6.45) is 0. The zero-order chi connectivity index (χ0) is 16.4. The summed E-state index contributed by atoms with van der Waals surface area (Å²) in [6.45, 7) is 13.3. The van der Waals surface area contributed by atoms with E-state index in [-0.39, 0.29) is 24.0 Å². The van der Waals surface area contributed by atoms with Gasteiger partial charge in [-0.1, -0.05) is 43.7 Å². The van der Waals surface area contributed by atoms with E-state index in [2.05, 4.69) is 74.5 Å². The quantitative estimate of drug-likeness (QED) is 0.377. The largest absolute Gasteiger partial charge is 0.357 e. The Hall–Kier alpha value is -0.820. The highest BCUT2D eigenvalue weighted by Crippen LogP contribution is 2.16. The first-order valence-electron chi connectivity index (χ1n) is 8.34. The Morgan fingerprint density at radius 3 is 2.61 bits per heavy atom. The van der Waals surface area contributed by atoms with Gasteiger partial charge in [-0.3, -0.25) is 4.99 Å². The fourth-order valence-electron chi connectivity index (χ4n) is 2.18. The number of hydrogen-bond acceptors (Lipinski definition) is 2. The zero-order valence-corrected chi connectivity index (χ0v) is 17.6. The molecule has 0 amide bonds. The molecule has 0 heterocycles. The Morgan fingerprint density at radius 2 is 2.00 bits per heavy atom. The second-order valence-corrected chi connectivity index (χ2v) is 5.86. The number of guanidine groups is 1. The van der Waals surface area contributed by atoms with Crippen LogP contribution >= 0.6 is 24.0 Å². The summed E-state index contributed by atoms with van der Waals surface area (Å²) in [7, 11) is 2.13. The summed E-state index contributed by atoms with van der Waals surface area (Å²) < 4.78 is 0. The summed E-state index contributed by atoms with van der Waals surface area (Å²) in [5.74, 6) is 1.33. The van der Waals surface area contributed by atoms with Gasteiger partial charge in [0.05, 0.1) is 0 Å². The van der Waals surface area contributed by atoms with Gasteiger partial charge in [-0.05, 0) is 33.0 Å². The van der Waals surface area contributed by atoms with Crippen molar-refractivity contribution in [2.24, 2.45) is 4.99 Å². The Balaban J connectivity index is 0.00000484. The molecule has 0 saturated carbocycles. The van der Waals surface area contributed by atoms with Gasteiger partial charge >= 0.3 is 0 Å². The minimum atomic E-state index is 0. The van der Waals surface area contributed by atoms with E-state index in [0.717, 1.165) is 38.7 Å². The average Bonchev–Trinajstić information content (AvgIpc) is 2.52. The molecular formula is C18H33IN4. The van der Waals surface area contributed by atoms with Crippen LogP contribution in [0.4, 0.5) is 0 Å². The number of likely N-dealkylation sites (N-methyl/N-ethyl adjacent to an activating group) is 1. The Kier molecular flexibility index (Phi) is 12.1. The lowest BCUT2D eigenvalue weighted by Crippen LogP contribution is -2.41. The van der Waals surface area contributed by atoms with Crippen LogP contribution in [0.3, 0.4) is 0 Å². The van der Waals surface area contributed by atoms with Crippen molar-refractivity contribution in [3.8, 4) is 0 Å². The molecule has 132 valence electrons. The van der Waals surface area contributed by atoms with Crippen LogP contribution in [0.25, 0.3) is 0 Å². The minimum absolute atomic E-state index is 0.